The largest absolute Gasteiger partial charge is 0.444 e. The number of hydrogen-bond acceptors (Lipinski definition) is 4. The van der Waals surface area contributed by atoms with Crippen LogP contribution in [0.25, 0.3) is 0 Å². The molecule has 162 valence electrons. The quantitative estimate of drug-likeness (QED) is 0.725. The van der Waals surface area contributed by atoms with Crippen molar-refractivity contribution in [3.05, 3.63) is 46.5 Å². The molecule has 0 aliphatic carbocycles. The molecule has 1 aromatic heterocycles. The van der Waals surface area contributed by atoms with Crippen LogP contribution in [0.5, 0.6) is 0 Å². The number of aryl methyl sites for hydroxylation is 1. The predicted molar refractivity (Wildman–Crippen MR) is 117 cm³/mol. The highest BCUT2D eigenvalue weighted by Gasteiger charge is 2.39. The maximum absolute atomic E-state index is 13.4. The van der Waals surface area contributed by atoms with Gasteiger partial charge in [0.25, 0.3) is 0 Å². The fourth-order valence-electron chi connectivity index (χ4n) is 3.61. The van der Waals surface area contributed by atoms with E-state index < -0.39 is 17.7 Å². The summed E-state index contributed by atoms with van der Waals surface area (Å²) in [6.45, 7) is 9.09. The number of H-pyrrole nitrogens is 1. The zero-order valence-corrected chi connectivity index (χ0v) is 18.8. The molecule has 2 aromatic rings. The van der Waals surface area contributed by atoms with E-state index in [-0.39, 0.29) is 11.9 Å². The first-order chi connectivity index (χ1) is 14.1. The monoisotopic (exact) mass is 432 g/mol. The van der Waals surface area contributed by atoms with Crippen LogP contribution in [0, 0.1) is 0 Å². The van der Waals surface area contributed by atoms with Crippen LogP contribution in [0.4, 0.5) is 10.5 Å². The van der Waals surface area contributed by atoms with Gasteiger partial charge in [-0.15, -0.1) is 0 Å². The number of aromatic amines is 1. The fraction of sp³-hybridized carbons (Fsp3) is 0.500. The summed E-state index contributed by atoms with van der Waals surface area (Å²) < 4.78 is 5.29. The first kappa shape index (κ1) is 22.2. The van der Waals surface area contributed by atoms with E-state index in [0.717, 1.165) is 35.6 Å². The minimum atomic E-state index is -0.769. The summed E-state index contributed by atoms with van der Waals surface area (Å²) in [7, 11) is 0. The van der Waals surface area contributed by atoms with Gasteiger partial charge in [-0.25, -0.2) is 9.78 Å². The number of imidazole rings is 1. The van der Waals surface area contributed by atoms with Crippen LogP contribution in [0.1, 0.15) is 64.2 Å². The van der Waals surface area contributed by atoms with Crippen LogP contribution in [0.3, 0.4) is 0 Å². The van der Waals surface area contributed by atoms with Gasteiger partial charge >= 0.3 is 6.09 Å². The van der Waals surface area contributed by atoms with Crippen molar-refractivity contribution in [3.8, 4) is 0 Å². The van der Waals surface area contributed by atoms with E-state index in [2.05, 4.69) is 22.2 Å². The number of carbonyl (C=O) groups is 2. The Balaban J connectivity index is 1.87. The van der Waals surface area contributed by atoms with E-state index in [1.807, 2.05) is 18.3 Å². The molecule has 1 aliphatic heterocycles. The van der Waals surface area contributed by atoms with E-state index >= 15 is 0 Å². The lowest BCUT2D eigenvalue weighted by atomic mass is 10.1. The Kier molecular flexibility index (Phi) is 6.41. The molecule has 0 saturated heterocycles. The van der Waals surface area contributed by atoms with Gasteiger partial charge in [0.1, 0.15) is 17.5 Å². The highest BCUT2D eigenvalue weighted by atomic mass is 35.5. The molecule has 30 heavy (non-hydrogen) atoms. The molecule has 2 atom stereocenters. The Bertz CT molecular complexity index is 935. The molecule has 2 heterocycles. The number of alkyl carbamates (subject to hydrolysis) is 1. The van der Waals surface area contributed by atoms with Crippen molar-refractivity contribution in [1.82, 2.24) is 15.3 Å². The average Bonchev–Trinajstić information content (AvgIpc) is 3.23. The molecule has 8 heteroatoms. The molecular weight excluding hydrogens is 404 g/mol. The normalized spacial score (nSPS) is 16.9. The van der Waals surface area contributed by atoms with Crippen LogP contribution < -0.4 is 10.2 Å². The molecule has 1 aromatic carbocycles. The van der Waals surface area contributed by atoms with Gasteiger partial charge in [0, 0.05) is 29.0 Å². The van der Waals surface area contributed by atoms with E-state index in [9.17, 15) is 9.59 Å². The van der Waals surface area contributed by atoms with Crippen molar-refractivity contribution in [2.24, 2.45) is 0 Å². The van der Waals surface area contributed by atoms with E-state index in [0.29, 0.717) is 11.4 Å². The zero-order chi connectivity index (χ0) is 22.1. The Morgan fingerprint density at radius 3 is 2.80 bits per heavy atom. The van der Waals surface area contributed by atoms with Gasteiger partial charge in [0.15, 0.2) is 0 Å². The molecule has 2 amide bonds. The summed E-state index contributed by atoms with van der Waals surface area (Å²) in [5.74, 6) is 0.490. The van der Waals surface area contributed by atoms with Crippen molar-refractivity contribution in [2.75, 3.05) is 4.90 Å². The third-order valence-electron chi connectivity index (χ3n) is 4.85. The highest BCUT2D eigenvalue weighted by Crippen LogP contribution is 2.41. The summed E-state index contributed by atoms with van der Waals surface area (Å²) in [5, 5.41) is 3.26. The second-order valence-corrected chi connectivity index (χ2v) is 9.05. The van der Waals surface area contributed by atoms with Gasteiger partial charge in [-0.2, -0.15) is 0 Å². The van der Waals surface area contributed by atoms with Crippen LogP contribution >= 0.6 is 11.6 Å². The first-order valence-corrected chi connectivity index (χ1v) is 10.6. The van der Waals surface area contributed by atoms with Crippen LogP contribution in [0.15, 0.2) is 24.4 Å². The van der Waals surface area contributed by atoms with Crippen LogP contribution in [0.2, 0.25) is 5.02 Å². The van der Waals surface area contributed by atoms with Crippen molar-refractivity contribution in [2.45, 2.75) is 71.6 Å². The van der Waals surface area contributed by atoms with E-state index in [1.165, 1.54) is 0 Å². The number of benzene rings is 1. The van der Waals surface area contributed by atoms with Crippen molar-refractivity contribution < 1.29 is 14.3 Å². The molecule has 0 fully saturated rings. The number of nitrogens with one attached hydrogen (secondary N) is 2. The molecule has 7 nitrogen and oxygen atoms in total. The Labute approximate surface area is 182 Å². The van der Waals surface area contributed by atoms with E-state index in [4.69, 9.17) is 16.3 Å². The molecule has 2 unspecified atom stereocenters. The number of hydrogen-bond donors (Lipinski definition) is 2. The van der Waals surface area contributed by atoms with Crippen LogP contribution in [-0.4, -0.2) is 33.6 Å². The Morgan fingerprint density at radius 2 is 2.13 bits per heavy atom. The van der Waals surface area contributed by atoms with Gasteiger partial charge in [-0.3, -0.25) is 9.69 Å². The minimum absolute atomic E-state index is 0.236. The maximum Gasteiger partial charge on any atom is 0.408 e. The number of anilines is 1. The summed E-state index contributed by atoms with van der Waals surface area (Å²) in [6.07, 6.45) is 3.68. The number of rotatable bonds is 5. The third-order valence-corrected chi connectivity index (χ3v) is 5.09. The second-order valence-electron chi connectivity index (χ2n) is 8.61. The number of carbonyl (C=O) groups excluding carboxylic acids is 2. The number of nitrogens with zero attached hydrogens (tertiary/aromatic N) is 2. The summed E-state index contributed by atoms with van der Waals surface area (Å²) in [5.41, 5.74) is 2.14. The summed E-state index contributed by atoms with van der Waals surface area (Å²) >= 11 is 6.18. The maximum atomic E-state index is 13.4. The third kappa shape index (κ3) is 4.95. The van der Waals surface area contributed by atoms with Crippen LogP contribution in [-0.2, 0) is 22.4 Å². The van der Waals surface area contributed by atoms with E-state index in [1.54, 1.807) is 38.7 Å². The molecule has 0 bridgehead atoms. The zero-order valence-electron chi connectivity index (χ0n) is 18.1. The number of fused-ring (bicyclic) bond motifs is 1. The standard InChI is InChI=1S/C22H29ClN4O3/c1-6-7-16-12-24-19(26-16)18-11-14-10-15(23)8-9-17(14)27(18)20(28)13(2)25-21(29)30-22(3,4)5/h8-10,12-13,18H,6-7,11H2,1-5H3,(H,24,26)(H,25,29). The molecule has 2 N–H and O–H groups in total. The van der Waals surface area contributed by atoms with Crippen molar-refractivity contribution in [1.29, 1.82) is 0 Å². The first-order valence-electron chi connectivity index (χ1n) is 10.2. The molecule has 1 aliphatic rings. The smallest absolute Gasteiger partial charge is 0.408 e. The summed E-state index contributed by atoms with van der Waals surface area (Å²) in [4.78, 5) is 35.1. The average molecular weight is 433 g/mol. The number of aromatic nitrogens is 2. The highest BCUT2D eigenvalue weighted by molar-refractivity contribution is 6.30. The molecule has 0 spiro atoms. The Hall–Kier alpha value is -2.54. The molecule has 3 rings (SSSR count). The topological polar surface area (TPSA) is 87.3 Å². The van der Waals surface area contributed by atoms with Crippen molar-refractivity contribution in [3.63, 3.8) is 0 Å². The molecular formula is C22H29ClN4O3. The lowest BCUT2D eigenvalue weighted by Crippen LogP contribution is -2.48. The van der Waals surface area contributed by atoms with Gasteiger partial charge in [0.2, 0.25) is 5.91 Å². The molecule has 0 radical (unpaired) electrons. The summed E-state index contributed by atoms with van der Waals surface area (Å²) in [6, 6.07) is 4.41. The Morgan fingerprint density at radius 1 is 1.40 bits per heavy atom. The number of halogens is 1. The second kappa shape index (κ2) is 8.68. The predicted octanol–water partition coefficient (Wildman–Crippen LogP) is 4.56. The van der Waals surface area contributed by atoms with Gasteiger partial charge in [-0.1, -0.05) is 24.9 Å². The number of amides is 2. The number of ether oxygens (including phenoxy) is 1. The van der Waals surface area contributed by atoms with Gasteiger partial charge in [-0.05, 0) is 57.9 Å². The fourth-order valence-corrected chi connectivity index (χ4v) is 3.80. The minimum Gasteiger partial charge on any atom is -0.444 e. The molecule has 0 saturated carbocycles. The SMILES string of the molecule is CCCc1cnc(C2Cc3cc(Cl)ccc3N2C(=O)C(C)NC(=O)OC(C)(C)C)[nH]1. The van der Waals surface area contributed by atoms with Gasteiger partial charge in [0.05, 0.1) is 6.04 Å². The van der Waals surface area contributed by atoms with Crippen molar-refractivity contribution >= 4 is 29.3 Å². The van der Waals surface area contributed by atoms with Gasteiger partial charge < -0.3 is 15.0 Å². The lowest BCUT2D eigenvalue weighted by Gasteiger charge is -2.28. The lowest BCUT2D eigenvalue weighted by molar-refractivity contribution is -0.120.